The van der Waals surface area contributed by atoms with Crippen molar-refractivity contribution in [1.82, 2.24) is 5.32 Å². The smallest absolute Gasteiger partial charge is 0.238 e. The lowest BCUT2D eigenvalue weighted by Crippen LogP contribution is -2.32. The average molecular weight is 271 g/mol. The minimum Gasteiger partial charge on any atom is -0.325 e. The molecule has 15 heavy (non-hydrogen) atoms. The molecule has 0 spiro atoms. The summed E-state index contributed by atoms with van der Waals surface area (Å²) in [6.07, 6.45) is 0. The van der Waals surface area contributed by atoms with Crippen molar-refractivity contribution in [3.63, 3.8) is 0 Å². The van der Waals surface area contributed by atoms with E-state index in [-0.39, 0.29) is 5.91 Å². The summed E-state index contributed by atoms with van der Waals surface area (Å²) in [7, 11) is 0. The van der Waals surface area contributed by atoms with Gasteiger partial charge >= 0.3 is 0 Å². The van der Waals surface area contributed by atoms with E-state index in [4.69, 9.17) is 0 Å². The first-order valence-corrected chi connectivity index (χ1v) is 5.66. The number of carbonyl (C=O) groups excluding carboxylic acids is 1. The van der Waals surface area contributed by atoms with Crippen LogP contribution in [0.4, 0.5) is 5.69 Å². The molecule has 0 saturated carbocycles. The molecule has 0 saturated heterocycles. The molecular weight excluding hydrogens is 256 g/mol. The van der Waals surface area contributed by atoms with Crippen LogP contribution in [0.3, 0.4) is 0 Å². The van der Waals surface area contributed by atoms with Crippen LogP contribution in [-0.2, 0) is 4.79 Å². The molecule has 1 amide bonds. The van der Waals surface area contributed by atoms with E-state index < -0.39 is 0 Å². The fourth-order valence-corrected chi connectivity index (χ4v) is 1.30. The number of anilines is 1. The Morgan fingerprint density at radius 3 is 2.47 bits per heavy atom. The van der Waals surface area contributed by atoms with Gasteiger partial charge in [-0.2, -0.15) is 0 Å². The lowest BCUT2D eigenvalue weighted by molar-refractivity contribution is -0.115. The van der Waals surface area contributed by atoms with Gasteiger partial charge in [-0.25, -0.2) is 0 Å². The fraction of sp³-hybridized carbons (Fsp3) is 0.364. The number of halogens is 1. The molecule has 0 aromatic heterocycles. The topological polar surface area (TPSA) is 41.1 Å². The van der Waals surface area contributed by atoms with Gasteiger partial charge in [0.1, 0.15) is 0 Å². The van der Waals surface area contributed by atoms with Crippen molar-refractivity contribution in [1.29, 1.82) is 0 Å². The van der Waals surface area contributed by atoms with Crippen molar-refractivity contribution >= 4 is 27.5 Å². The average Bonchev–Trinajstić information content (AvgIpc) is 2.19. The summed E-state index contributed by atoms with van der Waals surface area (Å²) >= 11 is 3.34. The van der Waals surface area contributed by atoms with Crippen LogP contribution in [0.5, 0.6) is 0 Å². The second-order valence-electron chi connectivity index (χ2n) is 3.59. The number of benzene rings is 1. The normalized spacial score (nSPS) is 10.4. The van der Waals surface area contributed by atoms with E-state index in [1.54, 1.807) is 0 Å². The van der Waals surface area contributed by atoms with Gasteiger partial charge in [0.25, 0.3) is 0 Å². The number of hydrogen-bond donors (Lipinski definition) is 2. The summed E-state index contributed by atoms with van der Waals surface area (Å²) in [5.41, 5.74) is 0.814. The molecule has 0 atom stereocenters. The highest BCUT2D eigenvalue weighted by molar-refractivity contribution is 9.10. The summed E-state index contributed by atoms with van der Waals surface area (Å²) in [6, 6.07) is 7.83. The molecule has 3 nitrogen and oxygen atoms in total. The molecule has 2 N–H and O–H groups in total. The predicted octanol–water partition coefficient (Wildman–Crippen LogP) is 2.39. The molecule has 0 unspecified atom stereocenters. The van der Waals surface area contributed by atoms with E-state index in [1.165, 1.54) is 0 Å². The molecule has 0 aliphatic carbocycles. The Hall–Kier alpha value is -0.870. The quantitative estimate of drug-likeness (QED) is 0.882. The van der Waals surface area contributed by atoms with E-state index in [9.17, 15) is 4.79 Å². The Labute approximate surface area is 98.4 Å². The Morgan fingerprint density at radius 2 is 1.93 bits per heavy atom. The number of nitrogens with one attached hydrogen (secondary N) is 2. The highest BCUT2D eigenvalue weighted by Crippen LogP contribution is 2.13. The van der Waals surface area contributed by atoms with Crippen molar-refractivity contribution in [3.05, 3.63) is 28.7 Å². The zero-order valence-corrected chi connectivity index (χ0v) is 10.5. The maximum Gasteiger partial charge on any atom is 0.238 e. The van der Waals surface area contributed by atoms with Crippen molar-refractivity contribution < 1.29 is 4.79 Å². The van der Waals surface area contributed by atoms with Crippen LogP contribution >= 0.6 is 15.9 Å². The van der Waals surface area contributed by atoms with Gasteiger partial charge in [-0.1, -0.05) is 29.8 Å². The first-order chi connectivity index (χ1) is 7.08. The SMILES string of the molecule is CC(C)NCC(=O)Nc1ccc(Br)cc1. The Balaban J connectivity index is 2.41. The number of rotatable bonds is 4. The van der Waals surface area contributed by atoms with Gasteiger partial charge in [0.2, 0.25) is 5.91 Å². The third-order valence-electron chi connectivity index (χ3n) is 1.80. The summed E-state index contributed by atoms with van der Waals surface area (Å²) < 4.78 is 1.00. The summed E-state index contributed by atoms with van der Waals surface area (Å²) in [5.74, 6) is -0.0222. The minimum atomic E-state index is -0.0222. The maximum atomic E-state index is 11.4. The Bertz CT molecular complexity index is 322. The van der Waals surface area contributed by atoms with Crippen LogP contribution in [0, 0.1) is 0 Å². The molecule has 1 aromatic carbocycles. The minimum absolute atomic E-state index is 0.0222. The van der Waals surface area contributed by atoms with Crippen LogP contribution in [0.2, 0.25) is 0 Å². The molecule has 0 bridgehead atoms. The van der Waals surface area contributed by atoms with Crippen molar-refractivity contribution in [2.24, 2.45) is 0 Å². The standard InChI is InChI=1S/C11H15BrN2O/c1-8(2)13-7-11(15)14-10-5-3-9(12)4-6-10/h3-6,8,13H,7H2,1-2H3,(H,14,15). The Morgan fingerprint density at radius 1 is 1.33 bits per heavy atom. The van der Waals surface area contributed by atoms with Crippen LogP contribution in [0.15, 0.2) is 28.7 Å². The van der Waals surface area contributed by atoms with Gasteiger partial charge in [-0.15, -0.1) is 0 Å². The molecule has 1 aromatic rings. The lowest BCUT2D eigenvalue weighted by Gasteiger charge is -2.08. The van der Waals surface area contributed by atoms with Gasteiger partial charge in [0.15, 0.2) is 0 Å². The van der Waals surface area contributed by atoms with E-state index in [0.717, 1.165) is 10.2 Å². The third-order valence-corrected chi connectivity index (χ3v) is 2.33. The number of carbonyl (C=O) groups is 1. The highest BCUT2D eigenvalue weighted by atomic mass is 79.9. The molecular formula is C11H15BrN2O. The molecule has 0 heterocycles. The van der Waals surface area contributed by atoms with E-state index in [1.807, 2.05) is 38.1 Å². The fourth-order valence-electron chi connectivity index (χ4n) is 1.04. The van der Waals surface area contributed by atoms with Crippen LogP contribution < -0.4 is 10.6 Å². The van der Waals surface area contributed by atoms with Crippen molar-refractivity contribution in [2.75, 3.05) is 11.9 Å². The Kier molecular flexibility index (Phi) is 4.78. The number of hydrogen-bond acceptors (Lipinski definition) is 2. The second kappa shape index (κ2) is 5.88. The maximum absolute atomic E-state index is 11.4. The first-order valence-electron chi connectivity index (χ1n) is 4.86. The molecule has 0 fully saturated rings. The van der Waals surface area contributed by atoms with Crippen LogP contribution in [-0.4, -0.2) is 18.5 Å². The molecule has 0 radical (unpaired) electrons. The monoisotopic (exact) mass is 270 g/mol. The molecule has 1 rings (SSSR count). The highest BCUT2D eigenvalue weighted by Gasteiger charge is 2.02. The second-order valence-corrected chi connectivity index (χ2v) is 4.51. The summed E-state index contributed by atoms with van der Waals surface area (Å²) in [6.45, 7) is 4.35. The predicted molar refractivity (Wildman–Crippen MR) is 65.9 cm³/mol. The van der Waals surface area contributed by atoms with Gasteiger partial charge in [0.05, 0.1) is 6.54 Å². The lowest BCUT2D eigenvalue weighted by atomic mass is 10.3. The molecule has 0 aliphatic heterocycles. The first kappa shape index (κ1) is 12.2. The van der Waals surface area contributed by atoms with E-state index in [0.29, 0.717) is 12.6 Å². The zero-order valence-electron chi connectivity index (χ0n) is 8.88. The van der Waals surface area contributed by atoms with Gasteiger partial charge in [-0.3, -0.25) is 4.79 Å². The third kappa shape index (κ3) is 4.95. The summed E-state index contributed by atoms with van der Waals surface area (Å²) in [4.78, 5) is 11.4. The van der Waals surface area contributed by atoms with Gasteiger partial charge in [-0.05, 0) is 24.3 Å². The van der Waals surface area contributed by atoms with Crippen molar-refractivity contribution in [2.45, 2.75) is 19.9 Å². The van der Waals surface area contributed by atoms with Crippen LogP contribution in [0.1, 0.15) is 13.8 Å². The van der Waals surface area contributed by atoms with Gasteiger partial charge in [0, 0.05) is 16.2 Å². The molecule has 0 aliphatic rings. The van der Waals surface area contributed by atoms with Crippen molar-refractivity contribution in [3.8, 4) is 0 Å². The number of amides is 1. The zero-order chi connectivity index (χ0) is 11.3. The summed E-state index contributed by atoms with van der Waals surface area (Å²) in [5, 5.41) is 5.86. The van der Waals surface area contributed by atoms with E-state index in [2.05, 4.69) is 26.6 Å². The molecule has 4 heteroatoms. The molecule has 82 valence electrons. The largest absolute Gasteiger partial charge is 0.325 e. The van der Waals surface area contributed by atoms with E-state index >= 15 is 0 Å². The van der Waals surface area contributed by atoms with Gasteiger partial charge < -0.3 is 10.6 Å². The van der Waals surface area contributed by atoms with Crippen LogP contribution in [0.25, 0.3) is 0 Å².